The van der Waals surface area contributed by atoms with Crippen molar-refractivity contribution in [2.75, 3.05) is 0 Å². The molecule has 0 heteroatoms. The van der Waals surface area contributed by atoms with Gasteiger partial charge in [-0.15, -0.1) is 0 Å². The van der Waals surface area contributed by atoms with Gasteiger partial charge in [0.2, 0.25) is 0 Å². The monoisotopic (exact) mass is 563 g/mol. The zero-order chi connectivity index (χ0) is 36.6. The van der Waals surface area contributed by atoms with Crippen LogP contribution in [0.1, 0.15) is 12.3 Å². The fourth-order valence-corrected chi connectivity index (χ4v) is 7.08. The van der Waals surface area contributed by atoms with E-state index in [1.54, 1.807) is 12.1 Å². The SMILES string of the molecule is [2H]c1c([2H])c([2H])c(-c2ccc3ccc4cccc5ccc2c3c45)c(-c2c([2H])c([2H])c(-c3ccc4ccc5cccc6cc([2H])c3c4c56)c([2H])c2[2H])c1[2H]. The molecule has 44 heavy (non-hydrogen) atoms. The Balaban J connectivity index is 1.29. The number of rotatable bonds is 3. The predicted octanol–water partition coefficient (Wildman–Crippen LogP) is 12.5. The van der Waals surface area contributed by atoms with E-state index in [1.165, 1.54) is 0 Å². The number of hydrogen-bond donors (Lipinski definition) is 0. The smallest absolute Gasteiger partial charge is 0.0616 e. The summed E-state index contributed by atoms with van der Waals surface area (Å²) in [5.74, 6) is 0. The molecule has 0 unspecified atom stereocenters. The fraction of sp³-hybridized carbons (Fsp3) is 0. The van der Waals surface area contributed by atoms with E-state index in [1.807, 2.05) is 84.9 Å². The second kappa shape index (κ2) is 8.89. The van der Waals surface area contributed by atoms with Crippen LogP contribution in [0.15, 0.2) is 158 Å². The molecule has 0 aliphatic rings. The molecule has 202 valence electrons. The van der Waals surface area contributed by atoms with E-state index in [-0.39, 0.29) is 46.4 Å². The summed E-state index contributed by atoms with van der Waals surface area (Å²) in [5.41, 5.74) is 0.737. The summed E-state index contributed by atoms with van der Waals surface area (Å²) in [6, 6.07) is 30.0. The molecule has 0 heterocycles. The summed E-state index contributed by atoms with van der Waals surface area (Å²) >= 11 is 0. The largest absolute Gasteiger partial charge is 0.0630 e. The summed E-state index contributed by atoms with van der Waals surface area (Å²) in [4.78, 5) is 0. The fourth-order valence-electron chi connectivity index (χ4n) is 7.08. The maximum Gasteiger partial charge on any atom is 0.0630 e. The molecule has 0 fully saturated rings. The Labute approximate surface area is 267 Å². The van der Waals surface area contributed by atoms with Gasteiger partial charge in [-0.3, -0.25) is 0 Å². The molecule has 0 aliphatic heterocycles. The zero-order valence-corrected chi connectivity index (χ0v) is 23.3. The topological polar surface area (TPSA) is 0 Å². The molecule has 0 spiro atoms. The first-order valence-electron chi connectivity index (χ1n) is 19.1. The average molecular weight is 564 g/mol. The lowest BCUT2D eigenvalue weighted by Gasteiger charge is -2.17. The summed E-state index contributed by atoms with van der Waals surface area (Å²) in [5, 5.41) is 10.8. The Kier molecular flexibility index (Phi) is 3.39. The second-order valence-corrected chi connectivity index (χ2v) is 11.4. The molecule has 0 bridgehead atoms. The maximum atomic E-state index is 9.42. The molecule has 0 aliphatic carbocycles. The normalized spacial score (nSPS) is 15.0. The van der Waals surface area contributed by atoms with E-state index in [0.717, 1.165) is 59.2 Å². The van der Waals surface area contributed by atoms with Gasteiger partial charge in [-0.2, -0.15) is 0 Å². The van der Waals surface area contributed by atoms with Gasteiger partial charge in [0.15, 0.2) is 0 Å². The molecule has 0 saturated heterocycles. The molecule has 0 atom stereocenters. The lowest BCUT2D eigenvalue weighted by atomic mass is 9.87. The van der Waals surface area contributed by atoms with Crippen molar-refractivity contribution in [1.29, 1.82) is 0 Å². The second-order valence-electron chi connectivity index (χ2n) is 11.4. The van der Waals surface area contributed by atoms with Gasteiger partial charge in [-0.25, -0.2) is 0 Å². The first kappa shape index (κ1) is 16.8. The van der Waals surface area contributed by atoms with Crippen LogP contribution in [0.4, 0.5) is 0 Å². The number of hydrogen-bond acceptors (Lipinski definition) is 0. The van der Waals surface area contributed by atoms with Crippen molar-refractivity contribution in [3.05, 3.63) is 158 Å². The Morgan fingerprint density at radius 1 is 0.295 bits per heavy atom. The van der Waals surface area contributed by atoms with Crippen molar-refractivity contribution < 1.29 is 12.3 Å². The van der Waals surface area contributed by atoms with Gasteiger partial charge in [0.1, 0.15) is 0 Å². The van der Waals surface area contributed by atoms with Crippen LogP contribution in [0.2, 0.25) is 0 Å². The summed E-state index contributed by atoms with van der Waals surface area (Å²) in [7, 11) is 0. The Hall–Kier alpha value is -5.72. The third-order valence-corrected chi connectivity index (χ3v) is 9.06. The molecular weight excluding hydrogens is 528 g/mol. The van der Waals surface area contributed by atoms with Crippen molar-refractivity contribution in [2.45, 2.75) is 0 Å². The van der Waals surface area contributed by atoms with Crippen molar-refractivity contribution in [2.24, 2.45) is 0 Å². The van der Waals surface area contributed by atoms with Gasteiger partial charge in [0, 0.05) is 0 Å². The van der Waals surface area contributed by atoms with Gasteiger partial charge >= 0.3 is 0 Å². The van der Waals surface area contributed by atoms with Crippen LogP contribution < -0.4 is 0 Å². The molecular formula is C44H26. The highest BCUT2D eigenvalue weighted by Gasteiger charge is 2.16. The van der Waals surface area contributed by atoms with Gasteiger partial charge in [0.25, 0.3) is 0 Å². The molecule has 0 N–H and O–H groups in total. The first-order chi connectivity index (χ1) is 25.6. The lowest BCUT2D eigenvalue weighted by Crippen LogP contribution is -1.90. The molecule has 0 saturated carbocycles. The van der Waals surface area contributed by atoms with Gasteiger partial charge in [-0.1, -0.05) is 158 Å². The highest BCUT2D eigenvalue weighted by molar-refractivity contribution is 6.27. The minimum Gasteiger partial charge on any atom is -0.0616 e. The van der Waals surface area contributed by atoms with E-state index < -0.39 is 30.2 Å². The lowest BCUT2D eigenvalue weighted by molar-refractivity contribution is 1.59. The third-order valence-electron chi connectivity index (χ3n) is 9.06. The van der Waals surface area contributed by atoms with Crippen LogP contribution in [-0.2, 0) is 0 Å². The van der Waals surface area contributed by atoms with Gasteiger partial charge in [-0.05, 0) is 98.0 Å². The minimum atomic E-state index is -0.530. The summed E-state index contributed by atoms with van der Waals surface area (Å²) in [6.45, 7) is 0. The standard InChI is InChI=1S/C44H26/c1-2-10-37(38-24-20-34-18-16-30-6-4-8-32-22-26-40(38)44(34)42(30)32)35(9-1)27-11-13-28(14-12-27)36-23-19-33-17-15-29-5-3-7-31-21-25-39(36)43(33)41(29)31/h1-26H/i1D,2D,9D,10D,11D,12D,13D,14D,25D. The predicted molar refractivity (Wildman–Crippen MR) is 190 cm³/mol. The minimum absolute atomic E-state index is 0.0281. The van der Waals surface area contributed by atoms with Crippen molar-refractivity contribution in [1.82, 2.24) is 0 Å². The zero-order valence-electron chi connectivity index (χ0n) is 32.3. The van der Waals surface area contributed by atoms with E-state index in [0.29, 0.717) is 16.5 Å². The van der Waals surface area contributed by atoms with Crippen LogP contribution in [0.5, 0.6) is 0 Å². The first-order valence-corrected chi connectivity index (χ1v) is 14.6. The quantitative estimate of drug-likeness (QED) is 0.188. The van der Waals surface area contributed by atoms with Gasteiger partial charge < -0.3 is 0 Å². The molecule has 0 aromatic heterocycles. The van der Waals surface area contributed by atoms with Crippen LogP contribution in [0, 0.1) is 0 Å². The molecule has 10 aromatic carbocycles. The third kappa shape index (κ3) is 3.28. The van der Waals surface area contributed by atoms with Crippen LogP contribution in [0.25, 0.3) is 98.0 Å². The Morgan fingerprint density at radius 2 is 0.750 bits per heavy atom. The molecule has 0 radical (unpaired) electrons. The van der Waals surface area contributed by atoms with Gasteiger partial charge in [0.05, 0.1) is 12.3 Å². The summed E-state index contributed by atoms with van der Waals surface area (Å²) in [6.07, 6.45) is 0. The van der Waals surface area contributed by atoms with E-state index in [9.17, 15) is 8.22 Å². The van der Waals surface area contributed by atoms with Crippen molar-refractivity contribution in [3.8, 4) is 33.4 Å². The highest BCUT2D eigenvalue weighted by Crippen LogP contribution is 2.43. The molecule has 0 amide bonds. The number of benzene rings is 10. The van der Waals surface area contributed by atoms with Crippen molar-refractivity contribution >= 4 is 64.6 Å². The maximum absolute atomic E-state index is 9.42. The van der Waals surface area contributed by atoms with Crippen LogP contribution in [-0.4, -0.2) is 0 Å². The van der Waals surface area contributed by atoms with Crippen LogP contribution in [0.3, 0.4) is 0 Å². The Bertz CT molecular complexity index is 3170. The average Bonchev–Trinajstić information content (AvgIpc) is 3.17. The van der Waals surface area contributed by atoms with E-state index in [2.05, 4.69) is 6.07 Å². The van der Waals surface area contributed by atoms with E-state index in [4.69, 9.17) is 4.11 Å². The highest BCUT2D eigenvalue weighted by atomic mass is 14.2. The Morgan fingerprint density at radius 3 is 1.39 bits per heavy atom. The molecule has 0 nitrogen and oxygen atoms in total. The van der Waals surface area contributed by atoms with E-state index >= 15 is 0 Å². The van der Waals surface area contributed by atoms with Crippen LogP contribution >= 0.6 is 0 Å². The van der Waals surface area contributed by atoms with Crippen molar-refractivity contribution in [3.63, 3.8) is 0 Å². The summed E-state index contributed by atoms with van der Waals surface area (Å²) < 4.78 is 82.5. The molecule has 10 aromatic rings. The molecule has 10 rings (SSSR count).